The lowest BCUT2D eigenvalue weighted by Crippen LogP contribution is -2.09. The lowest BCUT2D eigenvalue weighted by molar-refractivity contribution is 0.350. The number of benzene rings is 4. The Morgan fingerprint density at radius 1 is 0.548 bits per heavy atom. The van der Waals surface area contributed by atoms with Crippen LogP contribution in [-0.2, 0) is 0 Å². The van der Waals surface area contributed by atoms with E-state index in [0.29, 0.717) is 17.2 Å². The largest absolute Gasteiger partial charge is 0.497 e. The first-order valence-electron chi connectivity index (χ1n) is 10.1. The van der Waals surface area contributed by atoms with Crippen LogP contribution in [-0.4, -0.2) is 21.3 Å². The van der Waals surface area contributed by atoms with Gasteiger partial charge in [0.25, 0.3) is 0 Å². The molecule has 0 N–H and O–H groups in total. The molecule has 4 aromatic carbocycles. The van der Waals surface area contributed by atoms with Gasteiger partial charge in [0.05, 0.1) is 21.3 Å². The molecule has 4 nitrogen and oxygen atoms in total. The van der Waals surface area contributed by atoms with E-state index in [2.05, 4.69) is 53.4 Å². The average molecular weight is 412 g/mol. The molecular formula is C27H25NO3. The van der Waals surface area contributed by atoms with Crippen LogP contribution in [0.25, 0.3) is 11.1 Å². The Kier molecular flexibility index (Phi) is 6.08. The molecule has 0 saturated heterocycles. The second-order valence-electron chi connectivity index (χ2n) is 6.97. The molecule has 0 fully saturated rings. The molecule has 0 unspecified atom stereocenters. The zero-order chi connectivity index (χ0) is 21.6. The molecule has 31 heavy (non-hydrogen) atoms. The molecular weight excluding hydrogens is 386 g/mol. The van der Waals surface area contributed by atoms with Gasteiger partial charge in [-0.05, 0) is 48.0 Å². The number of anilines is 3. The van der Waals surface area contributed by atoms with Crippen LogP contribution in [0.5, 0.6) is 17.2 Å². The minimum absolute atomic E-state index is 0.630. The molecule has 0 amide bonds. The molecule has 0 aromatic heterocycles. The Labute approximate surface area is 183 Å². The predicted octanol–water partition coefficient (Wildman–Crippen LogP) is 6.85. The summed E-state index contributed by atoms with van der Waals surface area (Å²) in [6.07, 6.45) is 0. The maximum atomic E-state index is 5.70. The molecule has 0 radical (unpaired) electrons. The fourth-order valence-electron chi connectivity index (χ4n) is 3.69. The van der Waals surface area contributed by atoms with Gasteiger partial charge in [-0.25, -0.2) is 0 Å². The Morgan fingerprint density at radius 2 is 1.16 bits per heavy atom. The Morgan fingerprint density at radius 3 is 1.71 bits per heavy atom. The third-order valence-corrected chi connectivity index (χ3v) is 5.13. The molecule has 0 aliphatic carbocycles. The van der Waals surface area contributed by atoms with Crippen LogP contribution in [0.4, 0.5) is 17.1 Å². The average Bonchev–Trinajstić information content (AvgIpc) is 2.85. The predicted molar refractivity (Wildman–Crippen MR) is 126 cm³/mol. The Balaban J connectivity index is 1.88. The number of hydrogen-bond donors (Lipinski definition) is 0. The molecule has 0 saturated carbocycles. The van der Waals surface area contributed by atoms with Crippen LogP contribution >= 0.6 is 0 Å². The van der Waals surface area contributed by atoms with E-state index in [1.165, 1.54) is 0 Å². The summed E-state index contributed by atoms with van der Waals surface area (Å²) in [5.74, 6) is 2.01. The van der Waals surface area contributed by atoms with Crippen molar-refractivity contribution in [2.24, 2.45) is 0 Å². The van der Waals surface area contributed by atoms with Crippen LogP contribution in [0, 0.1) is 0 Å². The third-order valence-electron chi connectivity index (χ3n) is 5.13. The van der Waals surface area contributed by atoms with Crippen molar-refractivity contribution in [1.29, 1.82) is 0 Å². The van der Waals surface area contributed by atoms with E-state index in [1.54, 1.807) is 21.3 Å². The summed E-state index contributed by atoms with van der Waals surface area (Å²) in [4.78, 5) is 2.23. The summed E-state index contributed by atoms with van der Waals surface area (Å²) < 4.78 is 16.7. The monoisotopic (exact) mass is 411 g/mol. The number of methoxy groups -OCH3 is 3. The summed E-state index contributed by atoms with van der Waals surface area (Å²) in [7, 11) is 4.93. The number of ether oxygens (including phenoxy) is 3. The Hall–Kier alpha value is -3.92. The SMILES string of the molecule is COc1cc(OC)c(OC)c(-c2cccc(N(c3ccccc3)c3ccccc3)c2)c1. The van der Waals surface area contributed by atoms with Gasteiger partial charge in [-0.15, -0.1) is 0 Å². The van der Waals surface area contributed by atoms with Crippen molar-refractivity contribution in [2.75, 3.05) is 26.2 Å². The van der Waals surface area contributed by atoms with Crippen LogP contribution < -0.4 is 19.1 Å². The highest BCUT2D eigenvalue weighted by molar-refractivity contribution is 5.82. The van der Waals surface area contributed by atoms with Crippen molar-refractivity contribution in [3.8, 4) is 28.4 Å². The fourth-order valence-corrected chi connectivity index (χ4v) is 3.69. The van der Waals surface area contributed by atoms with Gasteiger partial charge in [0.2, 0.25) is 0 Å². The molecule has 0 atom stereocenters. The fraction of sp³-hybridized carbons (Fsp3) is 0.111. The van der Waals surface area contributed by atoms with Gasteiger partial charge in [0, 0.05) is 28.7 Å². The van der Waals surface area contributed by atoms with Crippen molar-refractivity contribution in [1.82, 2.24) is 0 Å². The first-order valence-corrected chi connectivity index (χ1v) is 10.1. The zero-order valence-corrected chi connectivity index (χ0v) is 17.9. The van der Waals surface area contributed by atoms with Gasteiger partial charge >= 0.3 is 0 Å². The number of para-hydroxylation sites is 2. The van der Waals surface area contributed by atoms with Gasteiger partial charge in [-0.3, -0.25) is 0 Å². The van der Waals surface area contributed by atoms with Crippen LogP contribution in [0.2, 0.25) is 0 Å². The first-order chi connectivity index (χ1) is 15.2. The minimum Gasteiger partial charge on any atom is -0.497 e. The van der Waals surface area contributed by atoms with Crippen molar-refractivity contribution in [3.63, 3.8) is 0 Å². The lowest BCUT2D eigenvalue weighted by atomic mass is 10.0. The van der Waals surface area contributed by atoms with E-state index in [4.69, 9.17) is 14.2 Å². The molecule has 4 heteroatoms. The van der Waals surface area contributed by atoms with E-state index in [1.807, 2.05) is 48.5 Å². The van der Waals surface area contributed by atoms with Crippen LogP contribution in [0.15, 0.2) is 97.1 Å². The molecule has 0 heterocycles. The highest BCUT2D eigenvalue weighted by Gasteiger charge is 2.17. The van der Waals surface area contributed by atoms with Gasteiger partial charge in [0.1, 0.15) is 5.75 Å². The second kappa shape index (κ2) is 9.26. The summed E-state index contributed by atoms with van der Waals surface area (Å²) in [6.45, 7) is 0. The lowest BCUT2D eigenvalue weighted by Gasteiger charge is -2.26. The molecule has 156 valence electrons. The summed E-state index contributed by atoms with van der Waals surface area (Å²) >= 11 is 0. The van der Waals surface area contributed by atoms with E-state index in [-0.39, 0.29) is 0 Å². The summed E-state index contributed by atoms with van der Waals surface area (Å²) in [5, 5.41) is 0. The minimum atomic E-state index is 0.630. The molecule has 0 aliphatic rings. The topological polar surface area (TPSA) is 30.9 Å². The van der Waals surface area contributed by atoms with Gasteiger partial charge < -0.3 is 19.1 Å². The second-order valence-corrected chi connectivity index (χ2v) is 6.97. The first kappa shape index (κ1) is 20.4. The molecule has 0 bridgehead atoms. The van der Waals surface area contributed by atoms with Crippen LogP contribution in [0.3, 0.4) is 0 Å². The summed E-state index contributed by atoms with van der Waals surface area (Å²) in [6, 6.07) is 32.8. The van der Waals surface area contributed by atoms with E-state index < -0.39 is 0 Å². The van der Waals surface area contributed by atoms with Gasteiger partial charge in [-0.1, -0.05) is 48.5 Å². The molecule has 4 rings (SSSR count). The van der Waals surface area contributed by atoms with Crippen molar-refractivity contribution < 1.29 is 14.2 Å². The third kappa shape index (κ3) is 4.19. The molecule has 0 aliphatic heterocycles. The van der Waals surface area contributed by atoms with Crippen molar-refractivity contribution >= 4 is 17.1 Å². The normalized spacial score (nSPS) is 10.4. The molecule has 4 aromatic rings. The van der Waals surface area contributed by atoms with Crippen molar-refractivity contribution in [2.45, 2.75) is 0 Å². The number of rotatable bonds is 7. The zero-order valence-electron chi connectivity index (χ0n) is 17.9. The highest BCUT2D eigenvalue weighted by atomic mass is 16.5. The number of hydrogen-bond acceptors (Lipinski definition) is 4. The molecule has 0 spiro atoms. The maximum Gasteiger partial charge on any atom is 0.168 e. The number of nitrogens with zero attached hydrogens (tertiary/aromatic N) is 1. The smallest absolute Gasteiger partial charge is 0.168 e. The van der Waals surface area contributed by atoms with E-state index in [0.717, 1.165) is 28.2 Å². The quantitative estimate of drug-likeness (QED) is 0.333. The van der Waals surface area contributed by atoms with Crippen molar-refractivity contribution in [3.05, 3.63) is 97.1 Å². The van der Waals surface area contributed by atoms with E-state index >= 15 is 0 Å². The standard InChI is InChI=1S/C27H25NO3/c1-29-24-18-25(27(31-3)26(19-24)30-2)20-11-10-16-23(17-20)28(21-12-6-4-7-13-21)22-14-8-5-9-15-22/h4-19H,1-3H3. The maximum absolute atomic E-state index is 5.70. The van der Waals surface area contributed by atoms with Crippen LogP contribution in [0.1, 0.15) is 0 Å². The highest BCUT2D eigenvalue weighted by Crippen LogP contribution is 2.43. The van der Waals surface area contributed by atoms with Gasteiger partial charge in [-0.2, -0.15) is 0 Å². The summed E-state index contributed by atoms with van der Waals surface area (Å²) in [5.41, 5.74) is 5.12. The Bertz CT molecular complexity index is 1100. The van der Waals surface area contributed by atoms with E-state index in [9.17, 15) is 0 Å². The van der Waals surface area contributed by atoms with Gasteiger partial charge in [0.15, 0.2) is 11.5 Å².